The first-order valence-corrected chi connectivity index (χ1v) is 10.3. The molecule has 0 spiro atoms. The Kier molecular flexibility index (Phi) is 6.02. The standard InChI is InChI=1S/C22H25ClN4O2/c1-29-19-11-9-18(10-12-19)27-21(16-5-7-17(23)8-6-16)15-20(24-27)22(28)25-26-13-3-2-4-14-26/h5-12,21H,2-4,13-15H2,1H3,(H,25,28). The molecule has 1 amide bonds. The van der Waals surface area contributed by atoms with E-state index in [1.165, 1.54) is 6.42 Å². The molecular weight excluding hydrogens is 388 g/mol. The summed E-state index contributed by atoms with van der Waals surface area (Å²) >= 11 is 6.07. The third kappa shape index (κ3) is 4.54. The number of ether oxygens (including phenoxy) is 1. The number of hydrazine groups is 1. The fourth-order valence-electron chi connectivity index (χ4n) is 3.78. The van der Waals surface area contributed by atoms with E-state index < -0.39 is 0 Å². The van der Waals surface area contributed by atoms with E-state index in [1.54, 1.807) is 7.11 Å². The highest BCUT2D eigenvalue weighted by Crippen LogP contribution is 2.36. The van der Waals surface area contributed by atoms with E-state index in [2.05, 4.69) is 5.43 Å². The number of piperidine rings is 1. The molecule has 1 saturated heterocycles. The number of benzene rings is 2. The number of carbonyl (C=O) groups excluding carboxylic acids is 1. The van der Waals surface area contributed by atoms with Crippen LogP contribution in [0.1, 0.15) is 37.3 Å². The Morgan fingerprint density at radius 2 is 1.76 bits per heavy atom. The van der Waals surface area contributed by atoms with Crippen LogP contribution in [0.3, 0.4) is 0 Å². The Hall–Kier alpha value is -2.57. The van der Waals surface area contributed by atoms with Crippen LogP contribution in [0.4, 0.5) is 5.69 Å². The predicted octanol–water partition coefficient (Wildman–Crippen LogP) is 4.17. The molecule has 1 unspecified atom stereocenters. The van der Waals surface area contributed by atoms with E-state index in [-0.39, 0.29) is 11.9 Å². The number of amides is 1. The quantitative estimate of drug-likeness (QED) is 0.800. The molecule has 6 nitrogen and oxygen atoms in total. The summed E-state index contributed by atoms with van der Waals surface area (Å²) in [5.74, 6) is 0.657. The van der Waals surface area contributed by atoms with Crippen molar-refractivity contribution in [2.45, 2.75) is 31.7 Å². The number of hydrazone groups is 1. The van der Waals surface area contributed by atoms with E-state index in [4.69, 9.17) is 21.4 Å². The van der Waals surface area contributed by atoms with Crippen LogP contribution in [0, 0.1) is 0 Å². The van der Waals surface area contributed by atoms with E-state index >= 15 is 0 Å². The summed E-state index contributed by atoms with van der Waals surface area (Å²) in [6.45, 7) is 1.78. The van der Waals surface area contributed by atoms with Gasteiger partial charge in [-0.1, -0.05) is 30.2 Å². The summed E-state index contributed by atoms with van der Waals surface area (Å²) in [7, 11) is 1.64. The van der Waals surface area contributed by atoms with Gasteiger partial charge in [0, 0.05) is 24.5 Å². The minimum absolute atomic E-state index is 0.0669. The Balaban J connectivity index is 1.58. The number of nitrogens with one attached hydrogen (secondary N) is 1. The molecule has 7 heteroatoms. The molecule has 2 aromatic carbocycles. The van der Waals surface area contributed by atoms with Gasteiger partial charge in [0.2, 0.25) is 0 Å². The van der Waals surface area contributed by atoms with Crippen molar-refractivity contribution < 1.29 is 9.53 Å². The lowest BCUT2D eigenvalue weighted by Crippen LogP contribution is -2.47. The van der Waals surface area contributed by atoms with Gasteiger partial charge in [0.1, 0.15) is 11.5 Å². The van der Waals surface area contributed by atoms with E-state index in [0.29, 0.717) is 17.2 Å². The summed E-state index contributed by atoms with van der Waals surface area (Å²) in [6.07, 6.45) is 3.97. The van der Waals surface area contributed by atoms with Crippen LogP contribution in [0.5, 0.6) is 5.75 Å². The zero-order chi connectivity index (χ0) is 20.2. The van der Waals surface area contributed by atoms with Crippen molar-refractivity contribution in [3.05, 3.63) is 59.1 Å². The van der Waals surface area contributed by atoms with Gasteiger partial charge in [-0.2, -0.15) is 5.10 Å². The normalized spacial score (nSPS) is 19.7. The van der Waals surface area contributed by atoms with Crippen molar-refractivity contribution in [2.24, 2.45) is 5.10 Å². The Morgan fingerprint density at radius 1 is 1.07 bits per heavy atom. The van der Waals surface area contributed by atoms with Gasteiger partial charge in [0.15, 0.2) is 0 Å². The summed E-state index contributed by atoms with van der Waals surface area (Å²) in [5.41, 5.74) is 5.54. The maximum atomic E-state index is 12.9. The van der Waals surface area contributed by atoms with E-state index in [9.17, 15) is 4.79 Å². The zero-order valence-corrected chi connectivity index (χ0v) is 17.2. The summed E-state index contributed by atoms with van der Waals surface area (Å²) in [6, 6.07) is 15.4. The Bertz CT molecular complexity index is 877. The van der Waals surface area contributed by atoms with Gasteiger partial charge in [-0.3, -0.25) is 15.2 Å². The van der Waals surface area contributed by atoms with Gasteiger partial charge in [-0.15, -0.1) is 0 Å². The van der Waals surface area contributed by atoms with Gasteiger partial charge in [-0.25, -0.2) is 5.01 Å². The number of carbonyl (C=O) groups is 1. The maximum Gasteiger partial charge on any atom is 0.281 e. The Labute approximate surface area is 176 Å². The second kappa shape index (κ2) is 8.84. The van der Waals surface area contributed by atoms with Crippen LogP contribution in [0.15, 0.2) is 53.6 Å². The number of anilines is 1. The molecular formula is C22H25ClN4O2. The lowest BCUT2D eigenvalue weighted by molar-refractivity contribution is -0.119. The number of hydrogen-bond donors (Lipinski definition) is 1. The van der Waals surface area contributed by atoms with Crippen molar-refractivity contribution in [2.75, 3.05) is 25.2 Å². The summed E-state index contributed by atoms with van der Waals surface area (Å²) in [4.78, 5) is 12.9. The molecule has 0 aromatic heterocycles. The van der Waals surface area contributed by atoms with Gasteiger partial charge in [-0.05, 0) is 54.8 Å². The lowest BCUT2D eigenvalue weighted by Gasteiger charge is -2.26. The second-order valence-electron chi connectivity index (χ2n) is 7.35. The lowest BCUT2D eigenvalue weighted by atomic mass is 10.0. The van der Waals surface area contributed by atoms with Crippen molar-refractivity contribution in [3.63, 3.8) is 0 Å². The molecule has 152 valence electrons. The van der Waals surface area contributed by atoms with Crippen LogP contribution in [-0.2, 0) is 4.79 Å². The smallest absolute Gasteiger partial charge is 0.281 e. The Morgan fingerprint density at radius 3 is 2.41 bits per heavy atom. The third-order valence-electron chi connectivity index (χ3n) is 5.38. The van der Waals surface area contributed by atoms with Gasteiger partial charge < -0.3 is 4.74 Å². The minimum atomic E-state index is -0.123. The van der Waals surface area contributed by atoms with Crippen molar-refractivity contribution >= 4 is 28.9 Å². The SMILES string of the molecule is COc1ccc(N2N=C(C(=O)NN3CCCCC3)CC2c2ccc(Cl)cc2)cc1. The van der Waals surface area contributed by atoms with E-state index in [1.807, 2.05) is 58.5 Å². The van der Waals surface area contributed by atoms with Crippen molar-refractivity contribution in [1.29, 1.82) is 0 Å². The molecule has 0 radical (unpaired) electrons. The maximum absolute atomic E-state index is 12.9. The predicted molar refractivity (Wildman–Crippen MR) is 115 cm³/mol. The first kappa shape index (κ1) is 19.7. The fourth-order valence-corrected chi connectivity index (χ4v) is 3.90. The summed E-state index contributed by atoms with van der Waals surface area (Å²) in [5, 5.41) is 9.30. The zero-order valence-electron chi connectivity index (χ0n) is 16.5. The van der Waals surface area contributed by atoms with Crippen LogP contribution in [0.25, 0.3) is 0 Å². The highest BCUT2D eigenvalue weighted by Gasteiger charge is 2.33. The van der Waals surface area contributed by atoms with Crippen molar-refractivity contribution in [1.82, 2.24) is 10.4 Å². The van der Waals surface area contributed by atoms with Gasteiger partial charge >= 0.3 is 0 Å². The molecule has 4 rings (SSSR count). The molecule has 1 N–H and O–H groups in total. The molecule has 2 aliphatic heterocycles. The monoisotopic (exact) mass is 412 g/mol. The average Bonchev–Trinajstić information content (AvgIpc) is 3.21. The first-order valence-electron chi connectivity index (χ1n) is 9.96. The first-order chi connectivity index (χ1) is 14.1. The molecule has 2 heterocycles. The van der Waals surface area contributed by atoms with Crippen LogP contribution in [0.2, 0.25) is 5.02 Å². The molecule has 1 atom stereocenters. The molecule has 0 aliphatic carbocycles. The largest absolute Gasteiger partial charge is 0.497 e. The van der Waals surface area contributed by atoms with Crippen LogP contribution < -0.4 is 15.2 Å². The molecule has 1 fully saturated rings. The van der Waals surface area contributed by atoms with Crippen LogP contribution in [-0.4, -0.2) is 36.8 Å². The highest BCUT2D eigenvalue weighted by molar-refractivity contribution is 6.39. The van der Waals surface area contributed by atoms with Gasteiger partial charge in [0.25, 0.3) is 5.91 Å². The summed E-state index contributed by atoms with van der Waals surface area (Å²) < 4.78 is 5.26. The van der Waals surface area contributed by atoms with Crippen LogP contribution >= 0.6 is 11.6 Å². The fraction of sp³-hybridized carbons (Fsp3) is 0.364. The molecule has 2 aromatic rings. The van der Waals surface area contributed by atoms with Crippen molar-refractivity contribution in [3.8, 4) is 5.75 Å². The topological polar surface area (TPSA) is 57.2 Å². The highest BCUT2D eigenvalue weighted by atomic mass is 35.5. The third-order valence-corrected chi connectivity index (χ3v) is 5.63. The number of hydrogen-bond acceptors (Lipinski definition) is 5. The number of methoxy groups -OCH3 is 1. The number of rotatable bonds is 5. The molecule has 0 saturated carbocycles. The minimum Gasteiger partial charge on any atom is -0.497 e. The second-order valence-corrected chi connectivity index (χ2v) is 7.79. The van der Waals surface area contributed by atoms with E-state index in [0.717, 1.165) is 42.9 Å². The van der Waals surface area contributed by atoms with Gasteiger partial charge in [0.05, 0.1) is 18.8 Å². The molecule has 2 aliphatic rings. The average molecular weight is 413 g/mol. The molecule has 29 heavy (non-hydrogen) atoms. The number of halogens is 1. The number of nitrogens with zero attached hydrogens (tertiary/aromatic N) is 3. The molecule has 0 bridgehead atoms.